The second kappa shape index (κ2) is 11.0. The van der Waals surface area contributed by atoms with E-state index in [9.17, 15) is 4.79 Å². The fourth-order valence-electron chi connectivity index (χ4n) is 4.69. The molecule has 0 aliphatic rings. The highest BCUT2D eigenvalue weighted by Gasteiger charge is 2.16. The van der Waals surface area contributed by atoms with Crippen LogP contribution < -0.4 is 5.32 Å². The van der Waals surface area contributed by atoms with Gasteiger partial charge in [-0.15, -0.1) is 0 Å². The van der Waals surface area contributed by atoms with Gasteiger partial charge >= 0.3 is 0 Å². The second-order valence-electron chi connectivity index (χ2n) is 9.26. The van der Waals surface area contributed by atoms with Gasteiger partial charge in [0.05, 0.1) is 16.9 Å². The van der Waals surface area contributed by atoms with Crippen molar-refractivity contribution in [3.63, 3.8) is 0 Å². The molecule has 0 aliphatic carbocycles. The number of fused-ring (bicyclic) bond motifs is 2. The number of rotatable bonds is 9. The Labute approximate surface area is 216 Å². The van der Waals surface area contributed by atoms with E-state index in [4.69, 9.17) is 16.6 Å². The molecule has 0 aliphatic heterocycles. The first-order valence-corrected chi connectivity index (χ1v) is 13.0. The van der Waals surface area contributed by atoms with E-state index in [0.29, 0.717) is 11.4 Å². The number of pyridine rings is 1. The van der Waals surface area contributed by atoms with Gasteiger partial charge in [0.15, 0.2) is 0 Å². The number of aromatic nitrogens is 2. The molecule has 5 rings (SSSR count). The number of benzene rings is 3. The normalized spacial score (nSPS) is 11.3. The summed E-state index contributed by atoms with van der Waals surface area (Å²) in [5.41, 5.74) is 7.15. The van der Waals surface area contributed by atoms with E-state index in [-0.39, 0.29) is 5.91 Å². The summed E-state index contributed by atoms with van der Waals surface area (Å²) >= 11 is 6.34. The predicted molar refractivity (Wildman–Crippen MR) is 151 cm³/mol. The first-order chi connectivity index (χ1) is 17.6. The molecule has 182 valence electrons. The molecule has 0 saturated heterocycles. The maximum absolute atomic E-state index is 12.7. The number of anilines is 1. The summed E-state index contributed by atoms with van der Waals surface area (Å²) in [6, 6.07) is 26.3. The highest BCUT2D eigenvalue weighted by molar-refractivity contribution is 6.31. The number of nitrogens with zero attached hydrogens (tertiary/aromatic N) is 1. The molecule has 36 heavy (non-hydrogen) atoms. The number of hydrogen-bond acceptors (Lipinski definition) is 2. The molecule has 0 fully saturated rings. The van der Waals surface area contributed by atoms with E-state index in [0.717, 1.165) is 63.7 Å². The average Bonchev–Trinajstić information content (AvgIpc) is 3.25. The Morgan fingerprint density at radius 1 is 0.944 bits per heavy atom. The summed E-state index contributed by atoms with van der Waals surface area (Å²) < 4.78 is 0. The van der Waals surface area contributed by atoms with Crippen LogP contribution in [0.25, 0.3) is 33.2 Å². The summed E-state index contributed by atoms with van der Waals surface area (Å²) in [5, 5.41) is 5.92. The molecule has 4 nitrogen and oxygen atoms in total. The van der Waals surface area contributed by atoms with E-state index < -0.39 is 0 Å². The fraction of sp³-hybridized carbons (Fsp3) is 0.226. The lowest BCUT2D eigenvalue weighted by Crippen LogP contribution is -2.11. The lowest BCUT2D eigenvalue weighted by Gasteiger charge is -2.08. The van der Waals surface area contributed by atoms with Gasteiger partial charge in [0.1, 0.15) is 0 Å². The number of para-hydroxylation sites is 1. The van der Waals surface area contributed by atoms with Gasteiger partial charge in [-0.05, 0) is 79.3 Å². The largest absolute Gasteiger partial charge is 0.353 e. The Bertz CT molecular complexity index is 1500. The van der Waals surface area contributed by atoms with Crippen molar-refractivity contribution in [3.8, 4) is 11.4 Å². The summed E-state index contributed by atoms with van der Waals surface area (Å²) in [4.78, 5) is 21.1. The number of unbranched alkanes of at least 4 members (excludes halogenated alkanes) is 1. The third-order valence-electron chi connectivity index (χ3n) is 6.61. The van der Waals surface area contributed by atoms with Crippen molar-refractivity contribution in [1.29, 1.82) is 0 Å². The molecule has 0 unspecified atom stereocenters. The maximum atomic E-state index is 12.7. The zero-order chi connectivity index (χ0) is 24.9. The first-order valence-electron chi connectivity index (χ1n) is 12.7. The van der Waals surface area contributed by atoms with Crippen molar-refractivity contribution < 1.29 is 4.79 Å². The van der Waals surface area contributed by atoms with Gasteiger partial charge in [0.25, 0.3) is 0 Å². The number of amides is 1. The minimum Gasteiger partial charge on any atom is -0.353 e. The minimum atomic E-state index is 0.0274. The molecule has 2 heterocycles. The van der Waals surface area contributed by atoms with Gasteiger partial charge in [-0.25, -0.2) is 4.98 Å². The predicted octanol–water partition coefficient (Wildman–Crippen LogP) is 8.34. The van der Waals surface area contributed by atoms with Crippen molar-refractivity contribution in [2.75, 3.05) is 5.32 Å². The van der Waals surface area contributed by atoms with Crippen LogP contribution in [-0.4, -0.2) is 15.9 Å². The molecule has 0 saturated carbocycles. The van der Waals surface area contributed by atoms with Gasteiger partial charge < -0.3 is 10.3 Å². The van der Waals surface area contributed by atoms with E-state index in [2.05, 4.69) is 47.6 Å². The van der Waals surface area contributed by atoms with Gasteiger partial charge in [0, 0.05) is 33.4 Å². The second-order valence-corrected chi connectivity index (χ2v) is 9.70. The molecule has 0 bridgehead atoms. The smallest absolute Gasteiger partial charge is 0.224 e. The topological polar surface area (TPSA) is 57.8 Å². The van der Waals surface area contributed by atoms with Gasteiger partial charge in [0.2, 0.25) is 5.91 Å². The molecule has 0 radical (unpaired) electrons. The quantitative estimate of drug-likeness (QED) is 0.216. The maximum Gasteiger partial charge on any atom is 0.224 e. The molecule has 5 heteroatoms. The Balaban J connectivity index is 1.32. The van der Waals surface area contributed by atoms with Crippen LogP contribution in [0.4, 0.5) is 5.69 Å². The van der Waals surface area contributed by atoms with Crippen LogP contribution in [0.5, 0.6) is 0 Å². The minimum absolute atomic E-state index is 0.0274. The fourth-order valence-corrected chi connectivity index (χ4v) is 4.86. The van der Waals surface area contributed by atoms with Crippen molar-refractivity contribution in [1.82, 2.24) is 9.97 Å². The number of aromatic amines is 1. The molecular formula is C31H30ClN3O. The molecule has 0 atom stereocenters. The number of aryl methyl sites for hydroxylation is 2. The zero-order valence-electron chi connectivity index (χ0n) is 20.5. The molecule has 5 aromatic rings. The lowest BCUT2D eigenvalue weighted by molar-refractivity contribution is -0.116. The Morgan fingerprint density at radius 2 is 1.78 bits per heavy atom. The third-order valence-corrected chi connectivity index (χ3v) is 6.85. The summed E-state index contributed by atoms with van der Waals surface area (Å²) in [7, 11) is 0. The standard InChI is InChI=1S/C31H30ClN3O/c1-2-3-7-21-12-16-24(17-13-21)33-30(36)11-6-9-25-26-20-23(32)15-19-28(26)35-31(25)29-18-14-22-8-4-5-10-27(22)34-29/h4-5,8,10,12-20,35H,2-3,6-7,9,11H2,1H3,(H,33,36). The highest BCUT2D eigenvalue weighted by Crippen LogP contribution is 2.33. The van der Waals surface area contributed by atoms with Crippen molar-refractivity contribution in [2.45, 2.75) is 45.4 Å². The molecule has 2 aromatic heterocycles. The van der Waals surface area contributed by atoms with Gasteiger partial charge in [-0.2, -0.15) is 0 Å². The zero-order valence-corrected chi connectivity index (χ0v) is 21.2. The van der Waals surface area contributed by atoms with Crippen molar-refractivity contribution >= 4 is 45.0 Å². The molecular weight excluding hydrogens is 466 g/mol. The number of hydrogen-bond donors (Lipinski definition) is 2. The van der Waals surface area contributed by atoms with Crippen LogP contribution in [0, 0.1) is 0 Å². The van der Waals surface area contributed by atoms with Gasteiger partial charge in [-0.3, -0.25) is 4.79 Å². The SMILES string of the molecule is CCCCc1ccc(NC(=O)CCCc2c(-c3ccc4ccccc4n3)[nH]c3ccc(Cl)cc23)cc1. The van der Waals surface area contributed by atoms with Crippen LogP contribution in [0.2, 0.25) is 5.02 Å². The van der Waals surface area contributed by atoms with Gasteiger partial charge in [-0.1, -0.05) is 61.3 Å². The van der Waals surface area contributed by atoms with Crippen LogP contribution in [0.15, 0.2) is 78.9 Å². The number of nitrogens with one attached hydrogen (secondary N) is 2. The van der Waals surface area contributed by atoms with Crippen LogP contribution >= 0.6 is 11.6 Å². The third kappa shape index (κ3) is 5.44. The first kappa shape index (κ1) is 24.1. The van der Waals surface area contributed by atoms with Crippen molar-refractivity contribution in [2.24, 2.45) is 0 Å². The van der Waals surface area contributed by atoms with E-state index in [1.807, 2.05) is 48.5 Å². The molecule has 1 amide bonds. The number of H-pyrrole nitrogens is 1. The van der Waals surface area contributed by atoms with Crippen LogP contribution in [0.3, 0.4) is 0 Å². The number of carbonyl (C=O) groups is 1. The van der Waals surface area contributed by atoms with Crippen LogP contribution in [-0.2, 0) is 17.6 Å². The summed E-state index contributed by atoms with van der Waals surface area (Å²) in [6.45, 7) is 2.20. The number of halogens is 1. The summed E-state index contributed by atoms with van der Waals surface area (Å²) in [5.74, 6) is 0.0274. The van der Waals surface area contributed by atoms with Crippen LogP contribution in [0.1, 0.15) is 43.7 Å². The summed E-state index contributed by atoms with van der Waals surface area (Å²) in [6.07, 6.45) is 5.35. The molecule has 2 N–H and O–H groups in total. The number of carbonyl (C=O) groups excluding carboxylic acids is 1. The Morgan fingerprint density at radius 3 is 2.61 bits per heavy atom. The highest BCUT2D eigenvalue weighted by atomic mass is 35.5. The molecule has 0 spiro atoms. The Kier molecular flexibility index (Phi) is 7.33. The van der Waals surface area contributed by atoms with E-state index in [1.54, 1.807) is 0 Å². The molecule has 3 aromatic carbocycles. The van der Waals surface area contributed by atoms with E-state index >= 15 is 0 Å². The Hall–Kier alpha value is -3.63. The lowest BCUT2D eigenvalue weighted by atomic mass is 10.0. The van der Waals surface area contributed by atoms with Crippen molar-refractivity contribution in [3.05, 3.63) is 95.0 Å². The van der Waals surface area contributed by atoms with E-state index in [1.165, 1.54) is 18.4 Å². The average molecular weight is 496 g/mol. The monoisotopic (exact) mass is 495 g/mol.